The number of piperidine rings is 1. The Morgan fingerprint density at radius 3 is 2.87 bits per heavy atom. The molecule has 1 saturated heterocycles. The van der Waals surface area contributed by atoms with Crippen LogP contribution >= 0.6 is 0 Å². The van der Waals surface area contributed by atoms with Crippen LogP contribution in [0.3, 0.4) is 0 Å². The lowest BCUT2D eigenvalue weighted by Gasteiger charge is -2.37. The zero-order valence-electron chi connectivity index (χ0n) is 19.1. The molecule has 0 saturated carbocycles. The average molecular weight is 427 g/mol. The van der Waals surface area contributed by atoms with Gasteiger partial charge in [-0.05, 0) is 51.4 Å². The van der Waals surface area contributed by atoms with E-state index in [4.69, 9.17) is 9.47 Å². The Kier molecular flexibility index (Phi) is 6.51. The summed E-state index contributed by atoms with van der Waals surface area (Å²) in [4.78, 5) is 16.8. The third-order valence-electron chi connectivity index (χ3n) is 6.59. The van der Waals surface area contributed by atoms with Gasteiger partial charge in [0.1, 0.15) is 17.6 Å². The van der Waals surface area contributed by atoms with E-state index in [1.807, 2.05) is 27.8 Å². The van der Waals surface area contributed by atoms with Crippen LogP contribution in [0.4, 0.5) is 0 Å². The van der Waals surface area contributed by atoms with E-state index in [9.17, 15) is 4.79 Å². The predicted molar refractivity (Wildman–Crippen MR) is 119 cm³/mol. The molecule has 3 heterocycles. The van der Waals surface area contributed by atoms with Crippen molar-refractivity contribution in [1.29, 1.82) is 0 Å². The van der Waals surface area contributed by atoms with Gasteiger partial charge in [0.2, 0.25) is 5.91 Å². The van der Waals surface area contributed by atoms with Crippen LogP contribution in [0, 0.1) is 12.8 Å². The molecule has 2 aliphatic rings. The Hall–Kier alpha value is -2.54. The Bertz CT molecular complexity index is 926. The molecule has 168 valence electrons. The number of ether oxygens (including phenoxy) is 2. The van der Waals surface area contributed by atoms with Gasteiger partial charge in [0, 0.05) is 56.3 Å². The molecule has 1 aromatic heterocycles. The number of rotatable bonds is 5. The van der Waals surface area contributed by atoms with E-state index in [1.165, 1.54) is 5.56 Å². The molecule has 1 aromatic carbocycles. The second-order valence-corrected chi connectivity index (χ2v) is 8.76. The van der Waals surface area contributed by atoms with E-state index >= 15 is 0 Å². The molecule has 2 aromatic rings. The monoisotopic (exact) mass is 426 g/mol. The van der Waals surface area contributed by atoms with Gasteiger partial charge in [0.05, 0.1) is 19.3 Å². The highest BCUT2D eigenvalue weighted by molar-refractivity contribution is 5.73. The second-order valence-electron chi connectivity index (χ2n) is 8.76. The highest BCUT2D eigenvalue weighted by Crippen LogP contribution is 2.33. The summed E-state index contributed by atoms with van der Waals surface area (Å²) in [5.41, 5.74) is 3.42. The first-order valence-corrected chi connectivity index (χ1v) is 11.3. The molecule has 0 unspecified atom stereocenters. The highest BCUT2D eigenvalue weighted by atomic mass is 16.5. The number of nitrogens with zero attached hydrogens (tertiary/aromatic N) is 4. The van der Waals surface area contributed by atoms with Crippen LogP contribution in [-0.4, -0.2) is 58.3 Å². The van der Waals surface area contributed by atoms with Gasteiger partial charge < -0.3 is 14.4 Å². The maximum absolute atomic E-state index is 12.3. The molecule has 0 radical (unpaired) electrons. The fourth-order valence-electron chi connectivity index (χ4n) is 4.75. The van der Waals surface area contributed by atoms with Gasteiger partial charge in [-0.1, -0.05) is 0 Å². The van der Waals surface area contributed by atoms with Gasteiger partial charge in [-0.15, -0.1) is 0 Å². The molecular weight excluding hydrogens is 392 g/mol. The van der Waals surface area contributed by atoms with Crippen LogP contribution in [-0.2, 0) is 24.4 Å². The number of aromatic nitrogens is 2. The molecule has 2 aliphatic heterocycles. The standard InChI is InChI=1S/C24H34N4O3/c1-5-28-15-21(17(2)25-28)13-26-10-6-7-19(12-26)24-16-27(18(3)29)14-20-11-22(30-4)8-9-23(20)31-24/h8-9,11,15,19,24H,5-7,10,12-14,16H2,1-4H3/t19-,24-/m0/s1. The summed E-state index contributed by atoms with van der Waals surface area (Å²) in [6, 6.07) is 5.89. The second kappa shape index (κ2) is 9.30. The minimum atomic E-state index is -0.0131. The number of hydrogen-bond donors (Lipinski definition) is 0. The Labute approximate surface area is 184 Å². The molecule has 7 heteroatoms. The molecule has 0 N–H and O–H groups in total. The molecule has 7 nitrogen and oxygen atoms in total. The largest absolute Gasteiger partial charge is 0.497 e. The van der Waals surface area contributed by atoms with E-state index < -0.39 is 0 Å². The van der Waals surface area contributed by atoms with Crippen LogP contribution in [0.5, 0.6) is 11.5 Å². The number of likely N-dealkylation sites (tertiary alicyclic amines) is 1. The third kappa shape index (κ3) is 4.87. The summed E-state index contributed by atoms with van der Waals surface area (Å²) in [6.45, 7) is 10.9. The molecule has 0 aliphatic carbocycles. The van der Waals surface area contributed by atoms with Crippen molar-refractivity contribution in [3.63, 3.8) is 0 Å². The lowest BCUT2D eigenvalue weighted by Crippen LogP contribution is -2.46. The molecular formula is C24H34N4O3. The van der Waals surface area contributed by atoms with Crippen LogP contribution in [0.15, 0.2) is 24.4 Å². The molecule has 2 atom stereocenters. The fourth-order valence-corrected chi connectivity index (χ4v) is 4.75. The summed E-state index contributed by atoms with van der Waals surface area (Å²) in [5.74, 6) is 2.12. The lowest BCUT2D eigenvalue weighted by atomic mass is 9.91. The SMILES string of the molecule is CCn1cc(CN2CCC[C@H]([C@@H]3CN(C(C)=O)Cc4cc(OC)ccc4O3)C2)c(C)n1. The van der Waals surface area contributed by atoms with Gasteiger partial charge in [-0.25, -0.2) is 0 Å². The summed E-state index contributed by atoms with van der Waals surface area (Å²) < 4.78 is 13.9. The van der Waals surface area contributed by atoms with E-state index in [-0.39, 0.29) is 12.0 Å². The van der Waals surface area contributed by atoms with Crippen molar-refractivity contribution in [1.82, 2.24) is 19.6 Å². The van der Waals surface area contributed by atoms with Gasteiger partial charge >= 0.3 is 0 Å². The van der Waals surface area contributed by atoms with E-state index in [0.717, 1.165) is 61.8 Å². The number of carbonyl (C=O) groups excluding carboxylic acids is 1. The van der Waals surface area contributed by atoms with Crippen molar-refractivity contribution >= 4 is 5.91 Å². The van der Waals surface area contributed by atoms with E-state index in [2.05, 4.69) is 30.0 Å². The Morgan fingerprint density at radius 2 is 2.16 bits per heavy atom. The van der Waals surface area contributed by atoms with Crippen molar-refractivity contribution in [2.45, 2.75) is 59.4 Å². The quantitative estimate of drug-likeness (QED) is 0.735. The van der Waals surface area contributed by atoms with Crippen LogP contribution in [0.1, 0.15) is 43.5 Å². The highest BCUT2D eigenvalue weighted by Gasteiger charge is 2.34. The number of hydrogen-bond acceptors (Lipinski definition) is 5. The zero-order valence-corrected chi connectivity index (χ0v) is 19.1. The summed E-state index contributed by atoms with van der Waals surface area (Å²) in [5, 5.41) is 4.60. The van der Waals surface area contributed by atoms with Crippen molar-refractivity contribution in [3.8, 4) is 11.5 Å². The number of amides is 1. The molecule has 4 rings (SSSR count). The van der Waals surface area contributed by atoms with E-state index in [0.29, 0.717) is 19.0 Å². The molecule has 0 bridgehead atoms. The van der Waals surface area contributed by atoms with Gasteiger partial charge in [0.25, 0.3) is 0 Å². The lowest BCUT2D eigenvalue weighted by molar-refractivity contribution is -0.130. The first-order valence-electron chi connectivity index (χ1n) is 11.3. The van der Waals surface area contributed by atoms with Crippen LogP contribution < -0.4 is 9.47 Å². The maximum atomic E-state index is 12.3. The molecule has 31 heavy (non-hydrogen) atoms. The topological polar surface area (TPSA) is 59.8 Å². The van der Waals surface area contributed by atoms with Crippen molar-refractivity contribution < 1.29 is 14.3 Å². The minimum absolute atomic E-state index is 0.0131. The van der Waals surface area contributed by atoms with E-state index in [1.54, 1.807) is 14.0 Å². The van der Waals surface area contributed by atoms with Gasteiger partial charge in [-0.2, -0.15) is 5.10 Å². The average Bonchev–Trinajstić information content (AvgIpc) is 3.01. The normalized spacial score (nSPS) is 21.9. The van der Waals surface area contributed by atoms with Gasteiger partial charge in [-0.3, -0.25) is 14.4 Å². The summed E-state index contributed by atoms with van der Waals surface area (Å²) in [6.07, 6.45) is 4.41. The maximum Gasteiger partial charge on any atom is 0.219 e. The first kappa shape index (κ1) is 21.7. The third-order valence-corrected chi connectivity index (χ3v) is 6.59. The Morgan fingerprint density at radius 1 is 1.32 bits per heavy atom. The fraction of sp³-hybridized carbons (Fsp3) is 0.583. The van der Waals surface area contributed by atoms with Crippen molar-refractivity contribution in [3.05, 3.63) is 41.2 Å². The molecule has 1 fully saturated rings. The first-order chi connectivity index (χ1) is 15.0. The smallest absolute Gasteiger partial charge is 0.219 e. The van der Waals surface area contributed by atoms with Crippen molar-refractivity contribution in [2.75, 3.05) is 26.7 Å². The number of fused-ring (bicyclic) bond motifs is 1. The van der Waals surface area contributed by atoms with Crippen LogP contribution in [0.2, 0.25) is 0 Å². The molecule has 0 spiro atoms. The summed E-state index contributed by atoms with van der Waals surface area (Å²) >= 11 is 0. The van der Waals surface area contributed by atoms with Crippen LogP contribution in [0.25, 0.3) is 0 Å². The zero-order chi connectivity index (χ0) is 22.0. The summed E-state index contributed by atoms with van der Waals surface area (Å²) in [7, 11) is 1.66. The molecule has 1 amide bonds. The number of benzene rings is 1. The minimum Gasteiger partial charge on any atom is -0.497 e. The number of carbonyl (C=O) groups is 1. The predicted octanol–water partition coefficient (Wildman–Crippen LogP) is 3.24. The van der Waals surface area contributed by atoms with Crippen molar-refractivity contribution in [2.24, 2.45) is 5.92 Å². The Balaban J connectivity index is 1.51. The van der Waals surface area contributed by atoms with Gasteiger partial charge in [0.15, 0.2) is 0 Å². The number of aryl methyl sites for hydroxylation is 2. The number of methoxy groups -OCH3 is 1.